The van der Waals surface area contributed by atoms with Gasteiger partial charge in [0.15, 0.2) is 5.58 Å². The average Bonchev–Trinajstić information content (AvgIpc) is 3.18. The van der Waals surface area contributed by atoms with Crippen LogP contribution in [0.25, 0.3) is 33.3 Å². The fourth-order valence-electron chi connectivity index (χ4n) is 3.30. The molecular formula is C23H15N3O3. The van der Waals surface area contributed by atoms with Gasteiger partial charge in [0, 0.05) is 23.5 Å². The minimum Gasteiger partial charge on any atom is -0.507 e. The molecule has 0 spiro atoms. The molecule has 1 amide bonds. The van der Waals surface area contributed by atoms with Gasteiger partial charge in [-0.25, -0.2) is 4.98 Å². The minimum absolute atomic E-state index is 0.00711. The topological polar surface area (TPSA) is 88.2 Å². The van der Waals surface area contributed by atoms with Gasteiger partial charge in [0.25, 0.3) is 5.91 Å². The number of aromatic hydroxyl groups is 1. The lowest BCUT2D eigenvalue weighted by Gasteiger charge is -2.09. The van der Waals surface area contributed by atoms with E-state index in [1.165, 1.54) is 6.07 Å². The lowest BCUT2D eigenvalue weighted by molar-refractivity contribution is 0.102. The molecule has 6 heteroatoms. The smallest absolute Gasteiger partial charge is 0.256 e. The molecule has 6 nitrogen and oxygen atoms in total. The Morgan fingerprint density at radius 3 is 2.76 bits per heavy atom. The number of phenolic OH excluding ortho intramolecular Hbond substituents is 1. The highest BCUT2D eigenvalue weighted by molar-refractivity contribution is 6.13. The summed E-state index contributed by atoms with van der Waals surface area (Å²) in [6.07, 6.45) is 3.20. The second-order valence-corrected chi connectivity index (χ2v) is 6.58. The molecule has 29 heavy (non-hydrogen) atoms. The van der Waals surface area contributed by atoms with E-state index in [2.05, 4.69) is 15.3 Å². The number of fused-ring (bicyclic) bond motifs is 2. The Kier molecular flexibility index (Phi) is 3.95. The molecule has 0 radical (unpaired) electrons. The Labute approximate surface area is 165 Å². The van der Waals surface area contributed by atoms with Gasteiger partial charge < -0.3 is 14.8 Å². The van der Waals surface area contributed by atoms with E-state index >= 15 is 0 Å². The van der Waals surface area contributed by atoms with Crippen LogP contribution < -0.4 is 5.32 Å². The zero-order valence-electron chi connectivity index (χ0n) is 15.2. The van der Waals surface area contributed by atoms with Crippen LogP contribution in [0.1, 0.15) is 10.4 Å². The first-order chi connectivity index (χ1) is 14.2. The highest BCUT2D eigenvalue weighted by atomic mass is 16.3. The molecular weight excluding hydrogens is 366 g/mol. The molecule has 0 unspecified atom stereocenters. The maximum atomic E-state index is 12.9. The summed E-state index contributed by atoms with van der Waals surface area (Å²) < 4.78 is 5.71. The predicted octanol–water partition coefficient (Wildman–Crippen LogP) is 5.00. The maximum Gasteiger partial charge on any atom is 0.256 e. The van der Waals surface area contributed by atoms with Gasteiger partial charge in [0.2, 0.25) is 5.89 Å². The number of nitrogens with zero attached hydrogens (tertiary/aromatic N) is 2. The number of carbonyl (C=O) groups excluding carboxylic acids is 1. The number of anilines is 1. The molecule has 3 aromatic carbocycles. The van der Waals surface area contributed by atoms with E-state index in [-0.39, 0.29) is 17.5 Å². The van der Waals surface area contributed by atoms with Gasteiger partial charge in [-0.3, -0.25) is 9.78 Å². The van der Waals surface area contributed by atoms with Gasteiger partial charge in [-0.05, 0) is 35.0 Å². The van der Waals surface area contributed by atoms with E-state index < -0.39 is 0 Å². The van der Waals surface area contributed by atoms with Crippen LogP contribution in [0.5, 0.6) is 5.75 Å². The minimum atomic E-state index is -0.236. The SMILES string of the molecule is O=C(Nc1ccc(O)c(-c2nc3cnccc3o2)c1)c1cccc2ccccc12. The summed E-state index contributed by atoms with van der Waals surface area (Å²) in [4.78, 5) is 21.3. The van der Waals surface area contributed by atoms with Crippen LogP contribution in [0.2, 0.25) is 0 Å². The van der Waals surface area contributed by atoms with Gasteiger partial charge >= 0.3 is 0 Å². The van der Waals surface area contributed by atoms with Crippen molar-refractivity contribution in [3.63, 3.8) is 0 Å². The molecule has 0 saturated carbocycles. The van der Waals surface area contributed by atoms with Gasteiger partial charge in [-0.2, -0.15) is 0 Å². The summed E-state index contributed by atoms with van der Waals surface area (Å²) in [6.45, 7) is 0. The van der Waals surface area contributed by atoms with Gasteiger partial charge in [-0.1, -0.05) is 36.4 Å². The molecule has 0 aliphatic heterocycles. The normalized spacial score (nSPS) is 11.0. The summed E-state index contributed by atoms with van der Waals surface area (Å²) in [5.41, 5.74) is 2.64. The Balaban J connectivity index is 1.50. The molecule has 0 aliphatic carbocycles. The number of rotatable bonds is 3. The number of carbonyl (C=O) groups is 1. The molecule has 0 fully saturated rings. The first-order valence-corrected chi connectivity index (χ1v) is 9.02. The number of amides is 1. The van der Waals surface area contributed by atoms with E-state index in [9.17, 15) is 9.90 Å². The van der Waals surface area contributed by atoms with Crippen LogP contribution in [-0.4, -0.2) is 21.0 Å². The molecule has 0 atom stereocenters. The lowest BCUT2D eigenvalue weighted by Crippen LogP contribution is -2.12. The summed E-state index contributed by atoms with van der Waals surface area (Å²) in [6, 6.07) is 19.8. The zero-order chi connectivity index (χ0) is 19.8. The van der Waals surface area contributed by atoms with Crippen LogP contribution in [0.15, 0.2) is 83.5 Å². The highest BCUT2D eigenvalue weighted by Gasteiger charge is 2.15. The first-order valence-electron chi connectivity index (χ1n) is 9.02. The van der Waals surface area contributed by atoms with Crippen LogP contribution in [0.3, 0.4) is 0 Å². The monoisotopic (exact) mass is 381 g/mol. The molecule has 2 N–H and O–H groups in total. The molecule has 0 aliphatic rings. The maximum absolute atomic E-state index is 12.9. The van der Waals surface area contributed by atoms with Crippen molar-refractivity contribution in [1.82, 2.24) is 9.97 Å². The van der Waals surface area contributed by atoms with Gasteiger partial charge in [0.05, 0.1) is 11.8 Å². The summed E-state index contributed by atoms with van der Waals surface area (Å²) >= 11 is 0. The van der Waals surface area contributed by atoms with Crippen molar-refractivity contribution < 1.29 is 14.3 Å². The Morgan fingerprint density at radius 1 is 1.00 bits per heavy atom. The van der Waals surface area contributed by atoms with Crippen molar-refractivity contribution in [2.24, 2.45) is 0 Å². The third kappa shape index (κ3) is 3.06. The number of aromatic nitrogens is 2. The van der Waals surface area contributed by atoms with Crippen LogP contribution >= 0.6 is 0 Å². The lowest BCUT2D eigenvalue weighted by atomic mass is 10.0. The first kappa shape index (κ1) is 16.9. The number of phenols is 1. The number of oxazole rings is 1. The van der Waals surface area contributed by atoms with Crippen molar-refractivity contribution >= 4 is 33.5 Å². The number of pyridine rings is 1. The molecule has 5 rings (SSSR count). The van der Waals surface area contributed by atoms with Gasteiger partial charge in [-0.15, -0.1) is 0 Å². The summed E-state index contributed by atoms with van der Waals surface area (Å²) in [7, 11) is 0. The van der Waals surface area contributed by atoms with Crippen LogP contribution in [-0.2, 0) is 0 Å². The average molecular weight is 381 g/mol. The quantitative estimate of drug-likeness (QED) is 0.429. The fourth-order valence-corrected chi connectivity index (χ4v) is 3.30. The van der Waals surface area contributed by atoms with Crippen molar-refractivity contribution in [3.8, 4) is 17.2 Å². The third-order valence-electron chi connectivity index (χ3n) is 4.71. The largest absolute Gasteiger partial charge is 0.507 e. The molecule has 0 bridgehead atoms. The van der Waals surface area contributed by atoms with Crippen molar-refractivity contribution in [2.45, 2.75) is 0 Å². The molecule has 5 aromatic rings. The molecule has 0 saturated heterocycles. The van der Waals surface area contributed by atoms with E-state index in [1.54, 1.807) is 36.7 Å². The number of hydrogen-bond donors (Lipinski definition) is 2. The van der Waals surface area contributed by atoms with Crippen LogP contribution in [0, 0.1) is 0 Å². The summed E-state index contributed by atoms with van der Waals surface area (Å²) in [5, 5.41) is 15.0. The Hall–Kier alpha value is -4.19. The van der Waals surface area contributed by atoms with Crippen molar-refractivity contribution in [2.75, 3.05) is 5.32 Å². The van der Waals surface area contributed by atoms with Gasteiger partial charge in [0.1, 0.15) is 11.3 Å². The standard InChI is InChI=1S/C23H15N3O3/c27-20-9-8-15(12-18(20)23-26-19-13-24-11-10-21(19)29-23)25-22(28)17-7-3-5-14-4-1-2-6-16(14)17/h1-13,27H,(H,25,28). The predicted molar refractivity (Wildman–Crippen MR) is 111 cm³/mol. The number of nitrogens with one attached hydrogen (secondary N) is 1. The van der Waals surface area contributed by atoms with Crippen molar-refractivity contribution in [1.29, 1.82) is 0 Å². The second kappa shape index (κ2) is 6.76. The Bertz CT molecular complexity index is 1340. The number of hydrogen-bond acceptors (Lipinski definition) is 5. The fraction of sp³-hybridized carbons (Fsp3) is 0. The van der Waals surface area contributed by atoms with E-state index in [4.69, 9.17) is 4.42 Å². The molecule has 140 valence electrons. The zero-order valence-corrected chi connectivity index (χ0v) is 15.2. The third-order valence-corrected chi connectivity index (χ3v) is 4.71. The molecule has 2 heterocycles. The van der Waals surface area contributed by atoms with E-state index in [0.717, 1.165) is 10.8 Å². The van der Waals surface area contributed by atoms with Crippen LogP contribution in [0.4, 0.5) is 5.69 Å². The second-order valence-electron chi connectivity index (χ2n) is 6.58. The number of benzene rings is 3. The van der Waals surface area contributed by atoms with E-state index in [0.29, 0.717) is 27.9 Å². The highest BCUT2D eigenvalue weighted by Crippen LogP contribution is 2.33. The Morgan fingerprint density at radius 2 is 1.86 bits per heavy atom. The van der Waals surface area contributed by atoms with E-state index in [1.807, 2.05) is 36.4 Å². The summed E-state index contributed by atoms with van der Waals surface area (Å²) in [5.74, 6) is 0.0274. The molecule has 2 aromatic heterocycles. The van der Waals surface area contributed by atoms with Crippen molar-refractivity contribution in [3.05, 3.63) is 84.7 Å².